The molecule has 2 aromatic rings. The second-order valence-corrected chi connectivity index (χ2v) is 8.22. The lowest BCUT2D eigenvalue weighted by Crippen LogP contribution is -2.24. The van der Waals surface area contributed by atoms with Gasteiger partial charge in [0.2, 0.25) is 0 Å². The van der Waals surface area contributed by atoms with Gasteiger partial charge in [-0.2, -0.15) is 10.1 Å². The number of carbonyl (C=O) groups excluding carboxylic acids is 1. The summed E-state index contributed by atoms with van der Waals surface area (Å²) < 4.78 is 10.6. The largest absolute Gasteiger partial charge is 0.497 e. The second kappa shape index (κ2) is 8.81. The minimum Gasteiger partial charge on any atom is -0.497 e. The number of benzene rings is 2. The highest BCUT2D eigenvalue weighted by molar-refractivity contribution is 8.15. The van der Waals surface area contributed by atoms with Crippen LogP contribution in [0.4, 0.5) is 0 Å². The molecule has 1 amide bonds. The van der Waals surface area contributed by atoms with Crippen LogP contribution >= 0.6 is 11.8 Å². The second-order valence-electron chi connectivity index (χ2n) is 7.05. The standard InChI is InChI=1S/C22H21N3O5S/c1-29-15-8-6-13(7-9-15)18-11-17(14-4-3-5-16(10-14)30-2)24-25(18)22-23-21(28)19(31-22)12-20(26)27/h3-10,18-19H,11-12H2,1-2H3,(H,26,27). The fraction of sp³-hybridized carbons (Fsp3) is 0.273. The highest BCUT2D eigenvalue weighted by Gasteiger charge is 2.39. The molecule has 2 heterocycles. The van der Waals surface area contributed by atoms with E-state index in [0.29, 0.717) is 11.6 Å². The van der Waals surface area contributed by atoms with Gasteiger partial charge in [0.1, 0.15) is 16.7 Å². The van der Waals surface area contributed by atoms with Crippen LogP contribution in [0.2, 0.25) is 0 Å². The van der Waals surface area contributed by atoms with Gasteiger partial charge in [0.15, 0.2) is 5.17 Å². The SMILES string of the molecule is COc1ccc(C2CC(c3cccc(OC)c3)=NN2C2=NC(=O)C(CC(=O)O)S2)cc1. The van der Waals surface area contributed by atoms with Gasteiger partial charge in [0.25, 0.3) is 5.91 Å². The van der Waals surface area contributed by atoms with Gasteiger partial charge in [0.05, 0.1) is 32.4 Å². The van der Waals surface area contributed by atoms with E-state index in [1.165, 1.54) is 0 Å². The van der Waals surface area contributed by atoms with E-state index in [9.17, 15) is 9.59 Å². The molecular weight excluding hydrogens is 418 g/mol. The number of hydrogen-bond acceptors (Lipinski definition) is 7. The predicted molar refractivity (Wildman–Crippen MR) is 118 cm³/mol. The molecule has 31 heavy (non-hydrogen) atoms. The van der Waals surface area contributed by atoms with Crippen LogP contribution in [0.15, 0.2) is 58.6 Å². The van der Waals surface area contributed by atoms with Crippen molar-refractivity contribution in [2.45, 2.75) is 24.1 Å². The minimum atomic E-state index is -1.03. The minimum absolute atomic E-state index is 0.185. The average molecular weight is 439 g/mol. The molecule has 0 fully saturated rings. The van der Waals surface area contributed by atoms with Gasteiger partial charge in [-0.1, -0.05) is 36.0 Å². The molecule has 0 aromatic heterocycles. The zero-order valence-corrected chi connectivity index (χ0v) is 17.8. The van der Waals surface area contributed by atoms with Gasteiger partial charge in [-0.15, -0.1) is 0 Å². The molecule has 2 aromatic carbocycles. The van der Waals surface area contributed by atoms with Crippen molar-refractivity contribution in [2.24, 2.45) is 10.1 Å². The van der Waals surface area contributed by atoms with Crippen LogP contribution in [0.5, 0.6) is 11.5 Å². The molecule has 0 radical (unpaired) electrons. The van der Waals surface area contributed by atoms with E-state index in [1.54, 1.807) is 19.2 Å². The summed E-state index contributed by atoms with van der Waals surface area (Å²) in [6.07, 6.45) is 0.320. The maximum Gasteiger partial charge on any atom is 0.305 e. The number of carbonyl (C=O) groups is 2. The molecule has 9 heteroatoms. The molecule has 160 valence electrons. The van der Waals surface area contributed by atoms with E-state index in [1.807, 2.05) is 48.5 Å². The highest BCUT2D eigenvalue weighted by atomic mass is 32.2. The summed E-state index contributed by atoms with van der Waals surface area (Å²) in [6, 6.07) is 15.1. The first kappa shape index (κ1) is 20.9. The molecule has 8 nitrogen and oxygen atoms in total. The summed E-state index contributed by atoms with van der Waals surface area (Å²) in [4.78, 5) is 27.5. The maximum absolute atomic E-state index is 12.3. The number of ether oxygens (including phenoxy) is 2. The van der Waals surface area contributed by atoms with E-state index >= 15 is 0 Å². The summed E-state index contributed by atoms with van der Waals surface area (Å²) >= 11 is 1.14. The van der Waals surface area contributed by atoms with Crippen molar-refractivity contribution < 1.29 is 24.2 Å². The number of thioether (sulfide) groups is 1. The lowest BCUT2D eigenvalue weighted by atomic mass is 9.98. The third-order valence-electron chi connectivity index (χ3n) is 5.10. The lowest BCUT2D eigenvalue weighted by Gasteiger charge is -2.23. The zero-order chi connectivity index (χ0) is 22.0. The van der Waals surface area contributed by atoms with Crippen molar-refractivity contribution in [2.75, 3.05) is 14.2 Å². The molecule has 0 spiro atoms. The molecule has 0 bridgehead atoms. The fourth-order valence-electron chi connectivity index (χ4n) is 3.51. The molecule has 4 rings (SSSR count). The topological polar surface area (TPSA) is 101 Å². The highest BCUT2D eigenvalue weighted by Crippen LogP contribution is 2.39. The average Bonchev–Trinajstić information content (AvgIpc) is 3.37. The van der Waals surface area contributed by atoms with Gasteiger partial charge in [-0.3, -0.25) is 9.59 Å². The summed E-state index contributed by atoms with van der Waals surface area (Å²) in [5.41, 5.74) is 2.73. The Morgan fingerprint density at radius 2 is 1.90 bits per heavy atom. The number of aliphatic imine (C=N–C) groups is 1. The number of aliphatic carboxylic acids is 1. The van der Waals surface area contributed by atoms with Crippen molar-refractivity contribution in [3.63, 3.8) is 0 Å². The molecule has 0 saturated heterocycles. The number of carboxylic acid groups (broad SMARTS) is 1. The van der Waals surface area contributed by atoms with Crippen LogP contribution in [-0.2, 0) is 9.59 Å². The number of rotatable bonds is 6. The normalized spacial score (nSPS) is 20.5. The Balaban J connectivity index is 1.68. The van der Waals surface area contributed by atoms with Crippen LogP contribution in [0, 0.1) is 0 Å². The van der Waals surface area contributed by atoms with E-state index in [0.717, 1.165) is 40.1 Å². The number of hydrogen-bond donors (Lipinski definition) is 1. The van der Waals surface area contributed by atoms with E-state index in [2.05, 4.69) is 4.99 Å². The Labute approximate surface area is 183 Å². The van der Waals surface area contributed by atoms with Crippen molar-refractivity contribution in [1.29, 1.82) is 0 Å². The molecular formula is C22H21N3O5S. The van der Waals surface area contributed by atoms with Crippen LogP contribution in [0.3, 0.4) is 0 Å². The molecule has 0 saturated carbocycles. The van der Waals surface area contributed by atoms with Gasteiger partial charge in [-0.05, 0) is 29.8 Å². The Bertz CT molecular complexity index is 1070. The Hall–Kier alpha value is -3.33. The number of methoxy groups -OCH3 is 2. The van der Waals surface area contributed by atoms with Crippen LogP contribution in [0.25, 0.3) is 0 Å². The third kappa shape index (κ3) is 4.41. The smallest absolute Gasteiger partial charge is 0.305 e. The Kier molecular flexibility index (Phi) is 5.94. The molecule has 2 aliphatic rings. The van der Waals surface area contributed by atoms with Crippen LogP contribution in [-0.4, -0.2) is 52.3 Å². The monoisotopic (exact) mass is 439 g/mol. The van der Waals surface area contributed by atoms with Crippen molar-refractivity contribution in [1.82, 2.24) is 5.01 Å². The Morgan fingerprint density at radius 1 is 1.16 bits per heavy atom. The van der Waals surface area contributed by atoms with E-state index < -0.39 is 17.1 Å². The van der Waals surface area contributed by atoms with Gasteiger partial charge >= 0.3 is 5.97 Å². The number of carboxylic acids is 1. The first-order valence-electron chi connectivity index (χ1n) is 9.64. The fourth-order valence-corrected chi connectivity index (χ4v) is 4.57. The summed E-state index contributed by atoms with van der Waals surface area (Å²) in [5.74, 6) is -0.00708. The van der Waals surface area contributed by atoms with Gasteiger partial charge in [0, 0.05) is 12.0 Å². The first-order valence-corrected chi connectivity index (χ1v) is 10.5. The summed E-state index contributed by atoms with van der Waals surface area (Å²) in [5, 5.41) is 15.3. The van der Waals surface area contributed by atoms with Crippen molar-refractivity contribution in [3.05, 3.63) is 59.7 Å². The van der Waals surface area contributed by atoms with Crippen LogP contribution in [0.1, 0.15) is 30.0 Å². The summed E-state index contributed by atoms with van der Waals surface area (Å²) in [7, 11) is 3.22. The molecule has 2 atom stereocenters. The first-order chi connectivity index (χ1) is 15.0. The van der Waals surface area contributed by atoms with Crippen molar-refractivity contribution >= 4 is 34.5 Å². The number of hydrazone groups is 1. The molecule has 1 N–H and O–H groups in total. The lowest BCUT2D eigenvalue weighted by molar-refractivity contribution is -0.138. The van der Waals surface area contributed by atoms with Crippen molar-refractivity contribution in [3.8, 4) is 11.5 Å². The quantitative estimate of drug-likeness (QED) is 0.737. The molecule has 2 unspecified atom stereocenters. The maximum atomic E-state index is 12.3. The molecule has 0 aliphatic carbocycles. The van der Waals surface area contributed by atoms with E-state index in [-0.39, 0.29) is 12.5 Å². The Morgan fingerprint density at radius 3 is 2.58 bits per heavy atom. The van der Waals surface area contributed by atoms with Crippen LogP contribution < -0.4 is 9.47 Å². The number of amidine groups is 1. The zero-order valence-electron chi connectivity index (χ0n) is 17.0. The number of amides is 1. The number of nitrogens with zero attached hydrogens (tertiary/aromatic N) is 3. The van der Waals surface area contributed by atoms with Gasteiger partial charge < -0.3 is 14.6 Å². The summed E-state index contributed by atoms with van der Waals surface area (Å²) in [6.45, 7) is 0. The molecule has 2 aliphatic heterocycles. The predicted octanol–water partition coefficient (Wildman–Crippen LogP) is 3.33. The third-order valence-corrected chi connectivity index (χ3v) is 6.24. The van der Waals surface area contributed by atoms with E-state index in [4.69, 9.17) is 19.7 Å². The van der Waals surface area contributed by atoms with Gasteiger partial charge in [-0.25, -0.2) is 5.01 Å².